The van der Waals surface area contributed by atoms with Crippen molar-refractivity contribution in [1.82, 2.24) is 29.3 Å². The molecule has 1 saturated carbocycles. The Bertz CT molecular complexity index is 2040. The van der Waals surface area contributed by atoms with E-state index >= 15 is 4.39 Å². The minimum Gasteiger partial charge on any atom is -0.332 e. The molecule has 1 aliphatic carbocycles. The summed E-state index contributed by atoms with van der Waals surface area (Å²) in [6.45, 7) is 7.96. The highest BCUT2D eigenvalue weighted by Gasteiger charge is 2.26. The van der Waals surface area contributed by atoms with E-state index in [-0.39, 0.29) is 11.9 Å². The number of likely N-dealkylation sites (tertiary alicyclic amines) is 1. The Labute approximate surface area is 300 Å². The van der Waals surface area contributed by atoms with Crippen molar-refractivity contribution in [3.8, 4) is 0 Å². The highest BCUT2D eigenvalue weighted by molar-refractivity contribution is 5.94. The van der Waals surface area contributed by atoms with Gasteiger partial charge >= 0.3 is 0 Å². The largest absolute Gasteiger partial charge is 0.332 e. The number of fused-ring (bicyclic) bond motifs is 1. The van der Waals surface area contributed by atoms with Gasteiger partial charge in [0.15, 0.2) is 0 Å². The third kappa shape index (κ3) is 8.18. The Hall–Kier alpha value is -4.95. The van der Waals surface area contributed by atoms with Gasteiger partial charge in [-0.05, 0) is 94.6 Å². The van der Waals surface area contributed by atoms with Crippen LogP contribution in [0.15, 0.2) is 91.3 Å². The van der Waals surface area contributed by atoms with Crippen molar-refractivity contribution in [2.45, 2.75) is 71.4 Å². The van der Waals surface area contributed by atoms with Crippen molar-refractivity contribution >= 4 is 28.6 Å². The molecule has 8 heteroatoms. The number of rotatable bonds is 11. The van der Waals surface area contributed by atoms with E-state index in [1.54, 1.807) is 24.5 Å². The molecule has 7 nitrogen and oxygen atoms in total. The molecular weight excluding hydrogens is 636 g/mol. The normalized spacial score (nSPS) is 16.0. The van der Waals surface area contributed by atoms with Crippen LogP contribution in [0.4, 0.5) is 4.39 Å². The molecule has 1 amide bonds. The maximum atomic E-state index is 15.7. The second-order valence-electron chi connectivity index (χ2n) is 14.0. The zero-order valence-corrected chi connectivity index (χ0v) is 29.8. The highest BCUT2D eigenvalue weighted by Crippen LogP contribution is 2.27. The average Bonchev–Trinajstić information content (AvgIpc) is 3.79. The third-order valence-corrected chi connectivity index (χ3v) is 10.4. The molecule has 262 valence electrons. The van der Waals surface area contributed by atoms with Crippen molar-refractivity contribution in [2.24, 2.45) is 0 Å². The standard InChI is InChI=1S/C43H47FN6O/c1-31-15-17-33(18-16-31)38(22-27-48-24-6-7-25-48)40-14-8-10-36(47-40)11-9-26-49(37-12-4-3-5-13-37)43(51)34-19-20-35(39(44)28-34)30-50-32(2)46-41-29-45-23-21-42(41)50/h8-11,14-23,28-29,37H,3-7,12-13,24-27,30H2,1-2H3/b11-9+,38-22+. The first kappa shape index (κ1) is 34.5. The zero-order chi connectivity index (χ0) is 35.2. The van der Waals surface area contributed by atoms with Crippen LogP contribution < -0.4 is 0 Å². The van der Waals surface area contributed by atoms with Gasteiger partial charge in [-0.3, -0.25) is 14.7 Å². The predicted octanol–water partition coefficient (Wildman–Crippen LogP) is 8.65. The van der Waals surface area contributed by atoms with E-state index in [1.165, 1.54) is 30.9 Å². The van der Waals surface area contributed by atoms with Gasteiger partial charge in [-0.25, -0.2) is 14.4 Å². The molecule has 1 aliphatic heterocycles. The van der Waals surface area contributed by atoms with Gasteiger partial charge in [0.25, 0.3) is 5.91 Å². The van der Waals surface area contributed by atoms with Crippen LogP contribution >= 0.6 is 0 Å². The van der Waals surface area contributed by atoms with Gasteiger partial charge in [-0.15, -0.1) is 0 Å². The molecule has 0 spiro atoms. The first-order chi connectivity index (χ1) is 24.9. The number of amides is 1. The maximum absolute atomic E-state index is 15.7. The number of carbonyl (C=O) groups is 1. The number of hydrogen-bond acceptors (Lipinski definition) is 5. The van der Waals surface area contributed by atoms with Crippen LogP contribution in [0.3, 0.4) is 0 Å². The number of benzene rings is 2. The lowest BCUT2D eigenvalue weighted by Crippen LogP contribution is -2.41. The smallest absolute Gasteiger partial charge is 0.254 e. The molecule has 7 rings (SSSR count). The van der Waals surface area contributed by atoms with E-state index in [1.807, 2.05) is 40.7 Å². The monoisotopic (exact) mass is 682 g/mol. The fraction of sp³-hybridized carbons (Fsp3) is 0.349. The molecule has 4 heterocycles. The molecule has 0 bridgehead atoms. The summed E-state index contributed by atoms with van der Waals surface area (Å²) in [4.78, 5) is 32.3. The van der Waals surface area contributed by atoms with E-state index in [4.69, 9.17) is 4.98 Å². The molecule has 0 atom stereocenters. The summed E-state index contributed by atoms with van der Waals surface area (Å²) in [5, 5.41) is 0. The van der Waals surface area contributed by atoms with Crippen molar-refractivity contribution in [3.05, 3.63) is 137 Å². The minimum atomic E-state index is -0.390. The molecule has 0 N–H and O–H groups in total. The Morgan fingerprint density at radius 2 is 1.71 bits per heavy atom. The number of aryl methyl sites for hydroxylation is 2. The third-order valence-electron chi connectivity index (χ3n) is 10.4. The molecule has 51 heavy (non-hydrogen) atoms. The molecule has 3 aromatic heterocycles. The van der Waals surface area contributed by atoms with Crippen LogP contribution in [-0.4, -0.2) is 67.4 Å². The number of pyridine rings is 2. The Morgan fingerprint density at radius 1 is 0.922 bits per heavy atom. The highest BCUT2D eigenvalue weighted by atomic mass is 19.1. The topological polar surface area (TPSA) is 67.2 Å². The number of carbonyl (C=O) groups excluding carboxylic acids is 1. The molecule has 0 unspecified atom stereocenters. The second kappa shape index (κ2) is 15.9. The predicted molar refractivity (Wildman–Crippen MR) is 203 cm³/mol. The number of aromatic nitrogens is 4. The molecule has 5 aromatic rings. The fourth-order valence-corrected chi connectivity index (χ4v) is 7.51. The Balaban J connectivity index is 1.10. The summed E-state index contributed by atoms with van der Waals surface area (Å²) >= 11 is 0. The van der Waals surface area contributed by atoms with Gasteiger partial charge in [0, 0.05) is 42.0 Å². The number of imidazole rings is 1. The van der Waals surface area contributed by atoms with Gasteiger partial charge in [-0.2, -0.15) is 0 Å². The van der Waals surface area contributed by atoms with Gasteiger partial charge < -0.3 is 9.47 Å². The first-order valence-corrected chi connectivity index (χ1v) is 18.4. The molecular formula is C43H47FN6O. The van der Waals surface area contributed by atoms with Gasteiger partial charge in [0.1, 0.15) is 17.2 Å². The number of halogens is 1. The van der Waals surface area contributed by atoms with Crippen LogP contribution in [0.1, 0.15) is 89.2 Å². The Kier molecular flexibility index (Phi) is 10.8. The zero-order valence-electron chi connectivity index (χ0n) is 29.8. The van der Waals surface area contributed by atoms with Crippen molar-refractivity contribution < 1.29 is 9.18 Å². The van der Waals surface area contributed by atoms with Crippen molar-refractivity contribution in [2.75, 3.05) is 26.2 Å². The van der Waals surface area contributed by atoms with Crippen molar-refractivity contribution in [1.29, 1.82) is 0 Å². The van der Waals surface area contributed by atoms with Gasteiger partial charge in [-0.1, -0.05) is 73.4 Å². The molecule has 1 saturated heterocycles. The van der Waals surface area contributed by atoms with E-state index < -0.39 is 5.82 Å². The summed E-state index contributed by atoms with van der Waals surface area (Å²) in [5.74, 6) is 0.260. The fourth-order valence-electron chi connectivity index (χ4n) is 7.51. The van der Waals surface area contributed by atoms with E-state index in [2.05, 4.69) is 64.3 Å². The lowest BCUT2D eigenvalue weighted by atomic mass is 9.93. The van der Waals surface area contributed by atoms with Gasteiger partial charge in [0.05, 0.1) is 29.6 Å². The maximum Gasteiger partial charge on any atom is 0.254 e. The quantitative estimate of drug-likeness (QED) is 0.140. The Morgan fingerprint density at radius 3 is 2.49 bits per heavy atom. The molecule has 2 aromatic carbocycles. The van der Waals surface area contributed by atoms with Crippen LogP contribution in [0.25, 0.3) is 22.7 Å². The summed E-state index contributed by atoms with van der Waals surface area (Å²) in [6, 6.07) is 21.7. The SMILES string of the molecule is Cc1ccc(/C(=C\CN2CCCC2)c2cccc(/C=C/CN(C(=O)c3ccc(Cn4c(C)nc5cnccc54)c(F)c3)C3CCCCC3)n2)cc1. The molecule has 2 fully saturated rings. The number of nitrogens with zero attached hydrogens (tertiary/aromatic N) is 6. The van der Waals surface area contributed by atoms with Crippen LogP contribution in [-0.2, 0) is 6.54 Å². The lowest BCUT2D eigenvalue weighted by Gasteiger charge is -2.34. The lowest BCUT2D eigenvalue weighted by molar-refractivity contribution is 0.0662. The summed E-state index contributed by atoms with van der Waals surface area (Å²) < 4.78 is 17.6. The van der Waals surface area contributed by atoms with E-state index in [0.717, 1.165) is 84.7 Å². The first-order valence-electron chi connectivity index (χ1n) is 18.4. The van der Waals surface area contributed by atoms with E-state index in [9.17, 15) is 4.79 Å². The number of hydrogen-bond donors (Lipinski definition) is 0. The summed E-state index contributed by atoms with van der Waals surface area (Å²) in [6.07, 6.45) is 17.6. The molecule has 0 radical (unpaired) electrons. The van der Waals surface area contributed by atoms with Crippen molar-refractivity contribution in [3.63, 3.8) is 0 Å². The summed E-state index contributed by atoms with van der Waals surface area (Å²) in [5.41, 5.74) is 7.87. The minimum absolute atomic E-state index is 0.119. The molecule has 2 aliphatic rings. The summed E-state index contributed by atoms with van der Waals surface area (Å²) in [7, 11) is 0. The average molecular weight is 683 g/mol. The van der Waals surface area contributed by atoms with E-state index in [0.29, 0.717) is 24.2 Å². The van der Waals surface area contributed by atoms with Gasteiger partial charge in [0.2, 0.25) is 0 Å². The van der Waals surface area contributed by atoms with Crippen LogP contribution in [0.5, 0.6) is 0 Å². The second-order valence-corrected chi connectivity index (χ2v) is 14.0. The van der Waals surface area contributed by atoms with Crippen LogP contribution in [0.2, 0.25) is 0 Å². The van der Waals surface area contributed by atoms with Crippen LogP contribution in [0, 0.1) is 19.7 Å².